The van der Waals surface area contributed by atoms with E-state index in [-0.39, 0.29) is 11.4 Å². The van der Waals surface area contributed by atoms with E-state index < -0.39 is 13.1 Å². The molecule has 0 heterocycles. The highest BCUT2D eigenvalue weighted by Gasteiger charge is 2.19. The van der Waals surface area contributed by atoms with Crippen molar-refractivity contribution in [2.45, 2.75) is 19.8 Å². The summed E-state index contributed by atoms with van der Waals surface area (Å²) in [4.78, 5) is 11.5. The van der Waals surface area contributed by atoms with Gasteiger partial charge in [0.15, 0.2) is 0 Å². The molecule has 0 saturated heterocycles. The van der Waals surface area contributed by atoms with Crippen LogP contribution in [-0.4, -0.2) is 30.2 Å². The molecule has 16 heavy (non-hydrogen) atoms. The molecule has 1 aromatic carbocycles. The molecule has 4 nitrogen and oxygen atoms in total. The van der Waals surface area contributed by atoms with Crippen molar-refractivity contribution in [2.24, 2.45) is 0 Å². The average molecular weight is 222 g/mol. The van der Waals surface area contributed by atoms with Crippen molar-refractivity contribution in [3.8, 4) is 0 Å². The Hall–Kier alpha value is -1.33. The van der Waals surface area contributed by atoms with Gasteiger partial charge in [0.25, 0.3) is 0 Å². The number of carbonyl (C=O) groups is 1. The van der Waals surface area contributed by atoms with Gasteiger partial charge >= 0.3 is 13.1 Å². The lowest BCUT2D eigenvalue weighted by atomic mass is 9.78. The van der Waals surface area contributed by atoms with E-state index in [1.807, 2.05) is 13.8 Å². The van der Waals surface area contributed by atoms with E-state index in [0.717, 1.165) is 5.56 Å². The first-order valence-corrected chi connectivity index (χ1v) is 5.05. The summed E-state index contributed by atoms with van der Waals surface area (Å²) in [5.41, 5.74) is 1.49. The lowest BCUT2D eigenvalue weighted by Crippen LogP contribution is -2.31. The predicted octanol–water partition coefficient (Wildman–Crippen LogP) is 0.276. The zero-order chi connectivity index (χ0) is 12.3. The van der Waals surface area contributed by atoms with Crippen LogP contribution in [0.5, 0.6) is 0 Å². The summed E-state index contributed by atoms with van der Waals surface area (Å²) >= 11 is 0. The molecular formula is C11H15BO4. The van der Waals surface area contributed by atoms with Crippen LogP contribution in [0, 0.1) is 0 Å². The number of methoxy groups -OCH3 is 1. The van der Waals surface area contributed by atoms with E-state index in [4.69, 9.17) is 10.0 Å². The number of benzene rings is 1. The van der Waals surface area contributed by atoms with Gasteiger partial charge in [-0.05, 0) is 23.0 Å². The predicted molar refractivity (Wildman–Crippen MR) is 61.7 cm³/mol. The Morgan fingerprint density at radius 2 is 2.00 bits per heavy atom. The van der Waals surface area contributed by atoms with Crippen LogP contribution in [0.2, 0.25) is 0 Å². The Bertz CT molecular complexity index is 388. The third-order valence-corrected chi connectivity index (χ3v) is 2.40. The first-order chi connectivity index (χ1) is 7.47. The number of rotatable bonds is 3. The summed E-state index contributed by atoms with van der Waals surface area (Å²) in [6, 6.07) is 4.75. The van der Waals surface area contributed by atoms with Gasteiger partial charge in [0.05, 0.1) is 12.7 Å². The van der Waals surface area contributed by atoms with Crippen molar-refractivity contribution >= 4 is 18.6 Å². The second kappa shape index (κ2) is 5.14. The highest BCUT2D eigenvalue weighted by atomic mass is 16.5. The highest BCUT2D eigenvalue weighted by molar-refractivity contribution is 6.58. The summed E-state index contributed by atoms with van der Waals surface area (Å²) in [7, 11) is -0.279. The van der Waals surface area contributed by atoms with Crippen LogP contribution in [0.4, 0.5) is 0 Å². The maximum Gasteiger partial charge on any atom is 0.488 e. The molecule has 0 aliphatic heterocycles. The van der Waals surface area contributed by atoms with Gasteiger partial charge in [-0.15, -0.1) is 0 Å². The van der Waals surface area contributed by atoms with Crippen LogP contribution in [0.25, 0.3) is 0 Å². The molecule has 0 radical (unpaired) electrons. The topological polar surface area (TPSA) is 66.8 Å². The zero-order valence-electron chi connectivity index (χ0n) is 9.60. The molecule has 0 aliphatic carbocycles. The molecular weight excluding hydrogens is 207 g/mol. The Morgan fingerprint density at radius 3 is 2.44 bits per heavy atom. The fraction of sp³-hybridized carbons (Fsp3) is 0.364. The molecule has 0 spiro atoms. The van der Waals surface area contributed by atoms with Crippen molar-refractivity contribution in [1.29, 1.82) is 0 Å². The van der Waals surface area contributed by atoms with Crippen molar-refractivity contribution in [3.63, 3.8) is 0 Å². The zero-order valence-corrected chi connectivity index (χ0v) is 9.60. The summed E-state index contributed by atoms with van der Waals surface area (Å²) in [6.07, 6.45) is 0. The fourth-order valence-corrected chi connectivity index (χ4v) is 1.52. The van der Waals surface area contributed by atoms with Crippen LogP contribution in [-0.2, 0) is 4.74 Å². The number of hydrogen-bond donors (Lipinski definition) is 2. The first-order valence-electron chi connectivity index (χ1n) is 5.05. The number of carbonyl (C=O) groups excluding carboxylic acids is 1. The van der Waals surface area contributed by atoms with Gasteiger partial charge in [-0.25, -0.2) is 4.79 Å². The summed E-state index contributed by atoms with van der Waals surface area (Å²) in [6.45, 7) is 3.91. The summed E-state index contributed by atoms with van der Waals surface area (Å²) in [5, 5.41) is 18.1. The van der Waals surface area contributed by atoms with Gasteiger partial charge in [0, 0.05) is 0 Å². The van der Waals surface area contributed by atoms with Crippen molar-refractivity contribution in [2.75, 3.05) is 7.11 Å². The van der Waals surface area contributed by atoms with Gasteiger partial charge in [0.2, 0.25) is 0 Å². The minimum absolute atomic E-state index is 0.166. The van der Waals surface area contributed by atoms with Crippen LogP contribution in [0.3, 0.4) is 0 Å². The number of esters is 1. The molecule has 5 heteroatoms. The Labute approximate surface area is 95.0 Å². The molecule has 2 N–H and O–H groups in total. The van der Waals surface area contributed by atoms with E-state index in [1.54, 1.807) is 12.1 Å². The first kappa shape index (κ1) is 12.7. The lowest BCUT2D eigenvalue weighted by Gasteiger charge is -2.12. The van der Waals surface area contributed by atoms with Gasteiger partial charge < -0.3 is 14.8 Å². The second-order valence-electron chi connectivity index (χ2n) is 3.87. The van der Waals surface area contributed by atoms with Gasteiger partial charge in [-0.2, -0.15) is 0 Å². The normalized spacial score (nSPS) is 10.4. The van der Waals surface area contributed by atoms with Crippen molar-refractivity contribution in [1.82, 2.24) is 0 Å². The Kier molecular flexibility index (Phi) is 4.09. The molecule has 0 amide bonds. The molecule has 86 valence electrons. The Balaban J connectivity index is 3.26. The standard InChI is InChI=1S/C11H15BO4/c1-7(2)9-5-4-8(12(14)15)6-10(9)11(13)16-3/h4-7,14-15H,1-3H3. The van der Waals surface area contributed by atoms with E-state index in [1.165, 1.54) is 13.2 Å². The van der Waals surface area contributed by atoms with E-state index in [9.17, 15) is 4.79 Å². The van der Waals surface area contributed by atoms with E-state index in [2.05, 4.69) is 4.74 Å². The molecule has 0 aliphatic rings. The van der Waals surface area contributed by atoms with E-state index >= 15 is 0 Å². The largest absolute Gasteiger partial charge is 0.488 e. The van der Waals surface area contributed by atoms with E-state index in [0.29, 0.717) is 5.56 Å². The number of hydrogen-bond acceptors (Lipinski definition) is 4. The SMILES string of the molecule is COC(=O)c1cc(B(O)O)ccc1C(C)C. The van der Waals surface area contributed by atoms with Gasteiger partial charge in [-0.1, -0.05) is 26.0 Å². The molecule has 0 aromatic heterocycles. The van der Waals surface area contributed by atoms with Crippen LogP contribution in [0.15, 0.2) is 18.2 Å². The minimum Gasteiger partial charge on any atom is -0.465 e. The summed E-state index contributed by atoms with van der Waals surface area (Å²) in [5.74, 6) is -0.301. The monoisotopic (exact) mass is 222 g/mol. The van der Waals surface area contributed by atoms with Crippen molar-refractivity contribution < 1.29 is 19.6 Å². The molecule has 0 atom stereocenters. The molecule has 0 bridgehead atoms. The Morgan fingerprint density at radius 1 is 1.38 bits per heavy atom. The van der Waals surface area contributed by atoms with Crippen molar-refractivity contribution in [3.05, 3.63) is 29.3 Å². The number of ether oxygens (including phenoxy) is 1. The maximum atomic E-state index is 11.5. The van der Waals surface area contributed by atoms with Gasteiger partial charge in [0.1, 0.15) is 0 Å². The second-order valence-corrected chi connectivity index (χ2v) is 3.87. The molecule has 0 unspecified atom stereocenters. The summed E-state index contributed by atoms with van der Waals surface area (Å²) < 4.78 is 4.66. The van der Waals surface area contributed by atoms with Crippen LogP contribution in [0.1, 0.15) is 35.7 Å². The third-order valence-electron chi connectivity index (χ3n) is 2.40. The molecule has 0 saturated carbocycles. The van der Waals surface area contributed by atoms with Gasteiger partial charge in [-0.3, -0.25) is 0 Å². The van der Waals surface area contributed by atoms with Crippen LogP contribution >= 0.6 is 0 Å². The lowest BCUT2D eigenvalue weighted by molar-refractivity contribution is 0.0599. The maximum absolute atomic E-state index is 11.5. The highest BCUT2D eigenvalue weighted by Crippen LogP contribution is 2.19. The smallest absolute Gasteiger partial charge is 0.465 e. The molecule has 0 fully saturated rings. The fourth-order valence-electron chi connectivity index (χ4n) is 1.52. The molecule has 1 aromatic rings. The minimum atomic E-state index is -1.58. The quantitative estimate of drug-likeness (QED) is 0.569. The third kappa shape index (κ3) is 2.62. The molecule has 1 rings (SSSR count). The average Bonchev–Trinajstić information content (AvgIpc) is 2.26. The van der Waals surface area contributed by atoms with Crippen LogP contribution < -0.4 is 5.46 Å².